The van der Waals surface area contributed by atoms with E-state index in [0.29, 0.717) is 16.0 Å². The zero-order chi connectivity index (χ0) is 9.42. The van der Waals surface area contributed by atoms with Gasteiger partial charge in [0.15, 0.2) is 0 Å². The van der Waals surface area contributed by atoms with Gasteiger partial charge in [0.05, 0.1) is 4.76 Å². The maximum atomic E-state index is 11.3. The molecule has 0 spiro atoms. The molecule has 13 heavy (non-hydrogen) atoms. The highest BCUT2D eigenvalue weighted by Crippen LogP contribution is 2.21. The largest absolute Gasteiger partial charge is 0.339 e. The van der Waals surface area contributed by atoms with Crippen molar-refractivity contribution in [3.63, 3.8) is 0 Å². The lowest BCUT2D eigenvalue weighted by Crippen LogP contribution is -2.50. The van der Waals surface area contributed by atoms with Gasteiger partial charge in [-0.3, -0.25) is 10.1 Å². The number of benzene rings is 1. The number of amides is 1. The molecule has 2 rings (SSSR count). The van der Waals surface area contributed by atoms with Crippen LogP contribution in [0, 0.1) is 4.91 Å². The zero-order valence-corrected chi connectivity index (χ0v) is 6.73. The predicted octanol–water partition coefficient (Wildman–Crippen LogP) is 0.0827. The van der Waals surface area contributed by atoms with Crippen LogP contribution >= 0.6 is 0 Å². The summed E-state index contributed by atoms with van der Waals surface area (Å²) >= 11 is 0. The van der Waals surface area contributed by atoms with Crippen molar-refractivity contribution in [1.29, 1.82) is 0 Å². The molecule has 66 valence electrons. The van der Waals surface area contributed by atoms with Gasteiger partial charge in [-0.25, -0.2) is 5.73 Å². The first-order chi connectivity index (χ1) is 6.20. The second-order valence-corrected chi connectivity index (χ2v) is 2.76. The van der Waals surface area contributed by atoms with E-state index in [-0.39, 0.29) is 5.91 Å². The third-order valence-corrected chi connectivity index (χ3v) is 1.92. The summed E-state index contributed by atoms with van der Waals surface area (Å²) in [5.41, 5.74) is 6.04. The maximum absolute atomic E-state index is 11.3. The highest BCUT2D eigenvalue weighted by molar-refractivity contribution is 5.98. The molecular formula is C8H8N3O2+. The molecule has 1 atom stereocenters. The van der Waals surface area contributed by atoms with Gasteiger partial charge in [-0.15, -0.1) is 0 Å². The van der Waals surface area contributed by atoms with Gasteiger partial charge in [0.1, 0.15) is 5.56 Å². The van der Waals surface area contributed by atoms with E-state index in [1.165, 1.54) is 0 Å². The maximum Gasteiger partial charge on any atom is 0.339 e. The van der Waals surface area contributed by atoms with Crippen molar-refractivity contribution in [1.82, 2.24) is 5.32 Å². The fourth-order valence-electron chi connectivity index (χ4n) is 1.28. The van der Waals surface area contributed by atoms with Gasteiger partial charge in [-0.05, 0) is 6.07 Å². The van der Waals surface area contributed by atoms with Gasteiger partial charge < -0.3 is 0 Å². The Morgan fingerprint density at radius 2 is 2.08 bits per heavy atom. The highest BCUT2D eigenvalue weighted by atomic mass is 16.3. The summed E-state index contributed by atoms with van der Waals surface area (Å²) in [6, 6.07) is 6.54. The van der Waals surface area contributed by atoms with Crippen LogP contribution in [0.2, 0.25) is 0 Å². The molecule has 0 radical (unpaired) electrons. The number of nitrogens with one attached hydrogen (secondary N) is 1. The number of rotatable bonds is 0. The monoisotopic (exact) mass is 178 g/mol. The van der Waals surface area contributed by atoms with E-state index in [4.69, 9.17) is 5.73 Å². The van der Waals surface area contributed by atoms with Crippen molar-refractivity contribution < 1.29 is 9.55 Å². The molecule has 3 N–H and O–H groups in total. The van der Waals surface area contributed by atoms with Crippen molar-refractivity contribution in [2.75, 3.05) is 0 Å². The van der Waals surface area contributed by atoms with Crippen molar-refractivity contribution in [2.24, 2.45) is 5.73 Å². The number of nitroso groups, excluding NO2 is 1. The number of nitrogens with two attached hydrogens (primary N) is 1. The third kappa shape index (κ3) is 1.09. The lowest BCUT2D eigenvalue weighted by atomic mass is 10.1. The molecule has 5 heteroatoms. The van der Waals surface area contributed by atoms with E-state index in [2.05, 4.69) is 5.32 Å². The summed E-state index contributed by atoms with van der Waals surface area (Å²) in [6.45, 7) is 0. The molecule has 0 aliphatic carbocycles. The Morgan fingerprint density at radius 3 is 2.85 bits per heavy atom. The molecule has 1 heterocycles. The van der Waals surface area contributed by atoms with Gasteiger partial charge >= 0.3 is 6.29 Å². The first-order valence-electron chi connectivity index (χ1n) is 3.82. The number of nitrogens with zero attached hydrogens (tertiary/aromatic N) is 1. The number of para-hydroxylation sites is 1. The standard InChI is InChI=1S/C8H7N3O2/c9-8-10-7(12)5-3-1-2-4-6(5)11(8)13/h1-4,8H,9H2/p+1. The number of carbonyl (C=O) groups excluding carboxylic acids is 1. The van der Waals surface area contributed by atoms with Crippen LogP contribution in [0.3, 0.4) is 0 Å². The van der Waals surface area contributed by atoms with E-state index >= 15 is 0 Å². The van der Waals surface area contributed by atoms with Gasteiger partial charge in [0, 0.05) is 11.0 Å². The smallest absolute Gasteiger partial charge is 0.277 e. The van der Waals surface area contributed by atoms with E-state index in [0.717, 1.165) is 0 Å². The van der Waals surface area contributed by atoms with E-state index in [1.807, 2.05) is 0 Å². The number of hydrogen-bond acceptors (Lipinski definition) is 3. The van der Waals surface area contributed by atoms with Crippen LogP contribution in [0.5, 0.6) is 0 Å². The van der Waals surface area contributed by atoms with Crippen LogP contribution in [0.4, 0.5) is 5.69 Å². The lowest BCUT2D eigenvalue weighted by molar-refractivity contribution is -0.512. The van der Waals surface area contributed by atoms with Crippen molar-refractivity contribution >= 4 is 11.6 Å². The van der Waals surface area contributed by atoms with Crippen LogP contribution in [-0.4, -0.2) is 17.0 Å². The summed E-state index contributed by atoms with van der Waals surface area (Å²) in [5.74, 6) is -0.310. The van der Waals surface area contributed by atoms with E-state index in [1.54, 1.807) is 24.3 Å². The predicted molar refractivity (Wildman–Crippen MR) is 45.2 cm³/mol. The molecule has 1 aliphatic heterocycles. The molecule has 5 nitrogen and oxygen atoms in total. The summed E-state index contributed by atoms with van der Waals surface area (Å²) in [4.78, 5) is 22.6. The van der Waals surface area contributed by atoms with Crippen LogP contribution in [-0.2, 0) is 0 Å². The topological polar surface area (TPSA) is 75.2 Å². The van der Waals surface area contributed by atoms with Crippen molar-refractivity contribution in [3.05, 3.63) is 34.7 Å². The second-order valence-electron chi connectivity index (χ2n) is 2.76. The SMILES string of the molecule is NC1NC(=O)c2ccccc2[N+]1=O. The van der Waals surface area contributed by atoms with E-state index < -0.39 is 6.29 Å². The van der Waals surface area contributed by atoms with E-state index in [9.17, 15) is 9.70 Å². The summed E-state index contributed by atoms with van der Waals surface area (Å²) in [7, 11) is 0. The van der Waals surface area contributed by atoms with Gasteiger partial charge in [-0.1, -0.05) is 12.1 Å². The van der Waals surface area contributed by atoms with Crippen LogP contribution < -0.4 is 11.1 Å². The normalized spacial score (nSPS) is 20.8. The molecule has 0 saturated heterocycles. The van der Waals surface area contributed by atoms with Gasteiger partial charge in [0.25, 0.3) is 11.6 Å². The summed E-state index contributed by atoms with van der Waals surface area (Å²) in [6.07, 6.45) is -0.984. The Labute approximate surface area is 74.1 Å². The molecular weight excluding hydrogens is 170 g/mol. The zero-order valence-electron chi connectivity index (χ0n) is 6.73. The number of carbonyl (C=O) groups is 1. The number of hydrogen-bond donors (Lipinski definition) is 2. The molecule has 0 aromatic heterocycles. The minimum absolute atomic E-state index is 0.310. The fourth-order valence-corrected chi connectivity index (χ4v) is 1.28. The Kier molecular flexibility index (Phi) is 1.60. The molecule has 1 aromatic rings. The average Bonchev–Trinajstić information content (AvgIpc) is 2.15. The first kappa shape index (κ1) is 7.88. The lowest BCUT2D eigenvalue weighted by Gasteiger charge is -2.13. The molecule has 0 fully saturated rings. The fraction of sp³-hybridized carbons (Fsp3) is 0.125. The van der Waals surface area contributed by atoms with Crippen molar-refractivity contribution in [3.8, 4) is 0 Å². The molecule has 1 aliphatic rings. The summed E-state index contributed by atoms with van der Waals surface area (Å²) in [5, 5.41) is 2.34. The summed E-state index contributed by atoms with van der Waals surface area (Å²) < 4.78 is 0.580. The third-order valence-electron chi connectivity index (χ3n) is 1.92. The molecule has 1 aromatic carbocycles. The van der Waals surface area contributed by atoms with Crippen LogP contribution in [0.1, 0.15) is 10.4 Å². The quantitative estimate of drug-likeness (QED) is 0.552. The highest BCUT2D eigenvalue weighted by Gasteiger charge is 2.35. The second kappa shape index (κ2) is 2.63. The Bertz CT molecular complexity index is 389. The Morgan fingerprint density at radius 1 is 1.38 bits per heavy atom. The van der Waals surface area contributed by atoms with Gasteiger partial charge in [-0.2, -0.15) is 0 Å². The molecule has 0 bridgehead atoms. The Hall–Kier alpha value is -1.75. The average molecular weight is 178 g/mol. The number of fused-ring (bicyclic) bond motifs is 1. The minimum atomic E-state index is -0.984. The minimum Gasteiger partial charge on any atom is -0.277 e. The van der Waals surface area contributed by atoms with Crippen molar-refractivity contribution in [2.45, 2.75) is 6.29 Å². The van der Waals surface area contributed by atoms with Crippen LogP contribution in [0.15, 0.2) is 24.3 Å². The molecule has 1 amide bonds. The first-order valence-corrected chi connectivity index (χ1v) is 3.82. The molecule has 0 saturated carbocycles. The Balaban J connectivity index is 2.60. The molecule has 1 unspecified atom stereocenters. The van der Waals surface area contributed by atoms with Crippen LogP contribution in [0.25, 0.3) is 0 Å². The van der Waals surface area contributed by atoms with Gasteiger partial charge in [0.2, 0.25) is 0 Å².